The lowest BCUT2D eigenvalue weighted by Crippen LogP contribution is -2.55. The molecule has 3 aliphatic heterocycles. The van der Waals surface area contributed by atoms with E-state index in [2.05, 4.69) is 9.80 Å². The van der Waals surface area contributed by atoms with Crippen LogP contribution in [0.5, 0.6) is 0 Å². The highest BCUT2D eigenvalue weighted by atomic mass is 16.5. The maximum Gasteiger partial charge on any atom is 0.246 e. The monoisotopic (exact) mass is 369 g/mol. The summed E-state index contributed by atoms with van der Waals surface area (Å²) < 4.78 is 10.7. The summed E-state index contributed by atoms with van der Waals surface area (Å²) in [5, 5.41) is 20.7. The SMILES string of the molecule is O=C(/C=C/CN1CCOCC1)N1CC[C@@H](O)[C@@H](O)[C@H](N2CCOCC2)C1. The average Bonchev–Trinajstić information content (AvgIpc) is 2.83. The third-order valence-corrected chi connectivity index (χ3v) is 5.44. The number of morpholine rings is 2. The quantitative estimate of drug-likeness (QED) is 0.585. The second-order valence-corrected chi connectivity index (χ2v) is 7.16. The van der Waals surface area contributed by atoms with Crippen molar-refractivity contribution in [2.45, 2.75) is 24.7 Å². The fourth-order valence-electron chi connectivity index (χ4n) is 3.77. The summed E-state index contributed by atoms with van der Waals surface area (Å²) in [5.41, 5.74) is 0. The fourth-order valence-corrected chi connectivity index (χ4v) is 3.77. The number of aliphatic hydroxyl groups excluding tert-OH is 2. The average molecular weight is 369 g/mol. The lowest BCUT2D eigenvalue weighted by molar-refractivity contribution is -0.127. The van der Waals surface area contributed by atoms with Gasteiger partial charge in [0.25, 0.3) is 0 Å². The normalized spacial score (nSPS) is 32.7. The van der Waals surface area contributed by atoms with Crippen molar-refractivity contribution in [2.75, 3.05) is 72.2 Å². The first-order valence-corrected chi connectivity index (χ1v) is 9.58. The summed E-state index contributed by atoms with van der Waals surface area (Å²) in [4.78, 5) is 18.7. The van der Waals surface area contributed by atoms with Gasteiger partial charge in [-0.25, -0.2) is 0 Å². The van der Waals surface area contributed by atoms with Crippen molar-refractivity contribution in [1.82, 2.24) is 14.7 Å². The number of rotatable bonds is 4. The number of carbonyl (C=O) groups excluding carboxylic acids is 1. The lowest BCUT2D eigenvalue weighted by Gasteiger charge is -2.38. The third kappa shape index (κ3) is 5.25. The fraction of sp³-hybridized carbons (Fsp3) is 0.833. The Morgan fingerprint density at radius 3 is 2.35 bits per heavy atom. The van der Waals surface area contributed by atoms with Crippen molar-refractivity contribution in [3.05, 3.63) is 12.2 Å². The number of aliphatic hydroxyl groups is 2. The molecule has 1 amide bonds. The highest BCUT2D eigenvalue weighted by molar-refractivity contribution is 5.87. The van der Waals surface area contributed by atoms with Crippen LogP contribution < -0.4 is 0 Å². The Bertz CT molecular complexity index is 477. The standard InChI is InChI=1S/C18H31N3O5/c22-16-3-5-21(14-15(18(16)24)20-8-12-26-13-9-20)17(23)2-1-4-19-6-10-25-11-7-19/h1-2,15-16,18,22,24H,3-14H2/b2-1+/t15-,16-,18+/m1/s1. The van der Waals surface area contributed by atoms with Gasteiger partial charge >= 0.3 is 0 Å². The molecule has 0 aromatic rings. The van der Waals surface area contributed by atoms with Crippen molar-refractivity contribution in [2.24, 2.45) is 0 Å². The maximum atomic E-state index is 12.6. The van der Waals surface area contributed by atoms with Gasteiger partial charge in [0, 0.05) is 51.9 Å². The van der Waals surface area contributed by atoms with E-state index >= 15 is 0 Å². The molecule has 3 atom stereocenters. The number of hydrogen-bond donors (Lipinski definition) is 2. The van der Waals surface area contributed by atoms with Gasteiger partial charge in [0.1, 0.15) is 0 Å². The van der Waals surface area contributed by atoms with Gasteiger partial charge in [-0.2, -0.15) is 0 Å². The van der Waals surface area contributed by atoms with E-state index in [0.29, 0.717) is 45.8 Å². The van der Waals surface area contributed by atoms with E-state index in [9.17, 15) is 15.0 Å². The van der Waals surface area contributed by atoms with Crippen LogP contribution in [0.4, 0.5) is 0 Å². The first-order valence-electron chi connectivity index (χ1n) is 9.58. The van der Waals surface area contributed by atoms with E-state index in [0.717, 1.165) is 32.8 Å². The van der Waals surface area contributed by atoms with Crippen molar-refractivity contribution >= 4 is 5.91 Å². The highest BCUT2D eigenvalue weighted by Crippen LogP contribution is 2.19. The van der Waals surface area contributed by atoms with Gasteiger partial charge in [0.15, 0.2) is 0 Å². The van der Waals surface area contributed by atoms with E-state index in [1.807, 2.05) is 6.08 Å². The Kier molecular flexibility index (Phi) is 7.42. The molecule has 26 heavy (non-hydrogen) atoms. The molecular formula is C18H31N3O5. The molecule has 3 saturated heterocycles. The number of ether oxygens (including phenoxy) is 2. The summed E-state index contributed by atoms with van der Waals surface area (Å²) >= 11 is 0. The molecule has 148 valence electrons. The summed E-state index contributed by atoms with van der Waals surface area (Å²) in [6, 6.07) is -0.256. The molecule has 8 nitrogen and oxygen atoms in total. The van der Waals surface area contributed by atoms with Gasteiger partial charge in [-0.15, -0.1) is 0 Å². The van der Waals surface area contributed by atoms with Gasteiger partial charge in [-0.05, 0) is 6.42 Å². The number of amides is 1. The zero-order chi connectivity index (χ0) is 18.4. The predicted octanol–water partition coefficient (Wildman–Crippen LogP) is -1.47. The summed E-state index contributed by atoms with van der Waals surface area (Å²) in [7, 11) is 0. The predicted molar refractivity (Wildman–Crippen MR) is 95.8 cm³/mol. The van der Waals surface area contributed by atoms with Crippen LogP contribution in [-0.2, 0) is 14.3 Å². The van der Waals surface area contributed by atoms with Gasteiger partial charge in [-0.3, -0.25) is 14.6 Å². The molecule has 0 radical (unpaired) electrons. The van der Waals surface area contributed by atoms with Gasteiger partial charge in [0.05, 0.1) is 44.7 Å². The minimum atomic E-state index is -0.844. The van der Waals surface area contributed by atoms with Crippen LogP contribution in [0.3, 0.4) is 0 Å². The minimum absolute atomic E-state index is 0.0576. The first kappa shape index (κ1) is 19.7. The first-order chi connectivity index (χ1) is 12.6. The molecule has 0 aliphatic carbocycles. The van der Waals surface area contributed by atoms with Gasteiger partial charge in [0.2, 0.25) is 5.91 Å². The van der Waals surface area contributed by atoms with Crippen LogP contribution in [0.2, 0.25) is 0 Å². The topological polar surface area (TPSA) is 85.7 Å². The highest BCUT2D eigenvalue weighted by Gasteiger charge is 2.37. The summed E-state index contributed by atoms with van der Waals surface area (Å²) in [5.74, 6) is -0.0576. The Morgan fingerprint density at radius 1 is 1.00 bits per heavy atom. The molecule has 0 saturated carbocycles. The van der Waals surface area contributed by atoms with Crippen molar-refractivity contribution in [3.8, 4) is 0 Å². The molecule has 0 aromatic heterocycles. The molecular weight excluding hydrogens is 338 g/mol. The second kappa shape index (κ2) is 9.77. The van der Waals surface area contributed by atoms with E-state index in [1.165, 1.54) is 0 Å². The Balaban J connectivity index is 1.57. The number of likely N-dealkylation sites (tertiary alicyclic amines) is 1. The van der Waals surface area contributed by atoms with E-state index in [4.69, 9.17) is 9.47 Å². The van der Waals surface area contributed by atoms with Gasteiger partial charge < -0.3 is 24.6 Å². The van der Waals surface area contributed by atoms with E-state index < -0.39 is 12.2 Å². The largest absolute Gasteiger partial charge is 0.390 e. The van der Waals surface area contributed by atoms with Crippen LogP contribution in [0, 0.1) is 0 Å². The molecule has 2 N–H and O–H groups in total. The van der Waals surface area contributed by atoms with Crippen molar-refractivity contribution < 1.29 is 24.5 Å². The van der Waals surface area contributed by atoms with Gasteiger partial charge in [-0.1, -0.05) is 6.08 Å². The molecule has 0 spiro atoms. The van der Waals surface area contributed by atoms with E-state index in [1.54, 1.807) is 11.0 Å². The Morgan fingerprint density at radius 2 is 1.65 bits per heavy atom. The smallest absolute Gasteiger partial charge is 0.246 e. The number of nitrogens with zero attached hydrogens (tertiary/aromatic N) is 3. The molecule has 3 fully saturated rings. The van der Waals surface area contributed by atoms with Crippen molar-refractivity contribution in [1.29, 1.82) is 0 Å². The van der Waals surface area contributed by atoms with Crippen LogP contribution in [0.1, 0.15) is 6.42 Å². The van der Waals surface area contributed by atoms with Crippen molar-refractivity contribution in [3.63, 3.8) is 0 Å². The molecule has 3 heterocycles. The zero-order valence-corrected chi connectivity index (χ0v) is 15.3. The maximum absolute atomic E-state index is 12.6. The second-order valence-electron chi connectivity index (χ2n) is 7.16. The van der Waals surface area contributed by atoms with Crippen LogP contribution in [-0.4, -0.2) is 121 Å². The molecule has 0 bridgehead atoms. The van der Waals surface area contributed by atoms with Crippen LogP contribution in [0.25, 0.3) is 0 Å². The van der Waals surface area contributed by atoms with E-state index in [-0.39, 0.29) is 11.9 Å². The molecule has 3 aliphatic rings. The summed E-state index contributed by atoms with van der Waals surface area (Å²) in [6.07, 6.45) is 2.26. The number of hydrogen-bond acceptors (Lipinski definition) is 7. The Labute approximate surface area is 154 Å². The molecule has 3 rings (SSSR count). The lowest BCUT2D eigenvalue weighted by atomic mass is 10.0. The third-order valence-electron chi connectivity index (χ3n) is 5.44. The molecule has 0 aromatic carbocycles. The Hall–Kier alpha value is -1.03. The van der Waals surface area contributed by atoms with Crippen LogP contribution >= 0.6 is 0 Å². The van der Waals surface area contributed by atoms with Crippen LogP contribution in [0.15, 0.2) is 12.2 Å². The zero-order valence-electron chi connectivity index (χ0n) is 15.3. The minimum Gasteiger partial charge on any atom is -0.390 e. The molecule has 0 unspecified atom stereocenters. The summed E-state index contributed by atoms with van der Waals surface area (Å²) in [6.45, 7) is 7.54. The molecule has 8 heteroatoms. The number of carbonyl (C=O) groups is 1.